The molecule has 5 nitrogen and oxygen atoms in total. The summed E-state index contributed by atoms with van der Waals surface area (Å²) in [5.74, 6) is -0.129. The Morgan fingerprint density at radius 1 is 1.25 bits per heavy atom. The standard InChI is InChI=1S/C18H20N4OS/c1-2-15-21-22-18(24-15)20-17(23)13-9-6-8-12-11-7-4-3-5-10-14(11)19-16(12)13/h6,8-9,19H,2-5,7,10H2,1H3,(H,20,22,23). The molecular formula is C18H20N4OS. The van der Waals surface area contributed by atoms with Gasteiger partial charge in [-0.3, -0.25) is 10.1 Å². The van der Waals surface area contributed by atoms with Crippen molar-refractivity contribution in [3.8, 4) is 0 Å². The average molecular weight is 340 g/mol. The Labute approximate surface area is 144 Å². The molecular weight excluding hydrogens is 320 g/mol. The lowest BCUT2D eigenvalue weighted by molar-refractivity contribution is 0.102. The van der Waals surface area contributed by atoms with Gasteiger partial charge >= 0.3 is 0 Å². The van der Waals surface area contributed by atoms with E-state index in [9.17, 15) is 4.79 Å². The highest BCUT2D eigenvalue weighted by Gasteiger charge is 2.19. The molecule has 0 radical (unpaired) electrons. The fourth-order valence-corrected chi connectivity index (χ4v) is 4.08. The van der Waals surface area contributed by atoms with Gasteiger partial charge in [-0.05, 0) is 43.7 Å². The Bertz CT molecular complexity index is 896. The number of aromatic amines is 1. The van der Waals surface area contributed by atoms with E-state index >= 15 is 0 Å². The topological polar surface area (TPSA) is 70.7 Å². The quantitative estimate of drug-likeness (QED) is 0.705. The van der Waals surface area contributed by atoms with Gasteiger partial charge in [0.15, 0.2) is 0 Å². The first-order valence-electron chi connectivity index (χ1n) is 8.52. The summed E-state index contributed by atoms with van der Waals surface area (Å²) in [6.07, 6.45) is 6.71. The number of carbonyl (C=O) groups excluding carboxylic acids is 1. The number of nitrogens with zero attached hydrogens (tertiary/aromatic N) is 2. The van der Waals surface area contributed by atoms with E-state index in [1.54, 1.807) is 0 Å². The summed E-state index contributed by atoms with van der Waals surface area (Å²) in [5, 5.41) is 13.6. The molecule has 3 aromatic rings. The third-order valence-electron chi connectivity index (χ3n) is 4.62. The normalized spacial score (nSPS) is 14.4. The van der Waals surface area contributed by atoms with Crippen molar-refractivity contribution >= 4 is 33.3 Å². The zero-order chi connectivity index (χ0) is 16.5. The summed E-state index contributed by atoms with van der Waals surface area (Å²) in [7, 11) is 0. The van der Waals surface area contributed by atoms with Crippen molar-refractivity contribution in [3.63, 3.8) is 0 Å². The predicted molar refractivity (Wildman–Crippen MR) is 96.8 cm³/mol. The zero-order valence-corrected chi connectivity index (χ0v) is 14.5. The van der Waals surface area contributed by atoms with Gasteiger partial charge < -0.3 is 4.98 Å². The molecule has 0 saturated carbocycles. The Balaban J connectivity index is 1.69. The summed E-state index contributed by atoms with van der Waals surface area (Å²) in [5.41, 5.74) is 4.31. The lowest BCUT2D eigenvalue weighted by atomic mass is 10.0. The number of fused-ring (bicyclic) bond motifs is 3. The highest BCUT2D eigenvalue weighted by Crippen LogP contribution is 2.30. The number of carbonyl (C=O) groups is 1. The number of anilines is 1. The van der Waals surface area contributed by atoms with Gasteiger partial charge in [-0.25, -0.2) is 0 Å². The maximum atomic E-state index is 12.7. The summed E-state index contributed by atoms with van der Waals surface area (Å²) in [6, 6.07) is 5.95. The first kappa shape index (κ1) is 15.3. The van der Waals surface area contributed by atoms with E-state index in [0.717, 1.165) is 29.8 Å². The van der Waals surface area contributed by atoms with Gasteiger partial charge in [0.1, 0.15) is 5.01 Å². The smallest absolute Gasteiger partial charge is 0.259 e. The lowest BCUT2D eigenvalue weighted by Crippen LogP contribution is -2.12. The highest BCUT2D eigenvalue weighted by molar-refractivity contribution is 7.15. The Morgan fingerprint density at radius 2 is 2.12 bits per heavy atom. The average Bonchev–Trinajstić information content (AvgIpc) is 3.11. The SMILES string of the molecule is CCc1nnc(NC(=O)c2cccc3c4c([nH]c23)CCCCC4)s1. The van der Waals surface area contributed by atoms with Crippen molar-refractivity contribution in [3.05, 3.63) is 40.0 Å². The van der Waals surface area contributed by atoms with E-state index in [2.05, 4.69) is 26.6 Å². The van der Waals surface area contributed by atoms with Crippen LogP contribution in [0.25, 0.3) is 10.9 Å². The summed E-state index contributed by atoms with van der Waals surface area (Å²) >= 11 is 1.43. The second-order valence-electron chi connectivity index (χ2n) is 6.18. The molecule has 0 atom stereocenters. The molecule has 4 rings (SSSR count). The molecule has 2 aromatic heterocycles. The van der Waals surface area contributed by atoms with Gasteiger partial charge in [-0.1, -0.05) is 36.8 Å². The number of amides is 1. The maximum Gasteiger partial charge on any atom is 0.259 e. The number of hydrogen-bond donors (Lipinski definition) is 2. The monoisotopic (exact) mass is 340 g/mol. The third kappa shape index (κ3) is 2.71. The molecule has 2 heterocycles. The van der Waals surface area contributed by atoms with Crippen LogP contribution < -0.4 is 5.32 Å². The predicted octanol–water partition coefficient (Wildman–Crippen LogP) is 4.10. The Hall–Kier alpha value is -2.21. The fourth-order valence-electron chi connectivity index (χ4n) is 3.41. The summed E-state index contributed by atoms with van der Waals surface area (Å²) in [4.78, 5) is 16.2. The third-order valence-corrected chi connectivity index (χ3v) is 5.60. The van der Waals surface area contributed by atoms with Crippen LogP contribution in [-0.4, -0.2) is 21.1 Å². The number of aromatic nitrogens is 3. The molecule has 1 aromatic carbocycles. The van der Waals surface area contributed by atoms with Crippen molar-refractivity contribution in [2.45, 2.75) is 45.4 Å². The van der Waals surface area contributed by atoms with Crippen LogP contribution in [0.2, 0.25) is 0 Å². The number of para-hydroxylation sites is 1. The van der Waals surface area contributed by atoms with Crippen LogP contribution in [-0.2, 0) is 19.3 Å². The molecule has 2 N–H and O–H groups in total. The van der Waals surface area contributed by atoms with Crippen LogP contribution in [0, 0.1) is 0 Å². The summed E-state index contributed by atoms with van der Waals surface area (Å²) in [6.45, 7) is 2.03. The van der Waals surface area contributed by atoms with Gasteiger partial charge in [0, 0.05) is 11.1 Å². The summed E-state index contributed by atoms with van der Waals surface area (Å²) < 4.78 is 0. The van der Waals surface area contributed by atoms with E-state index in [0.29, 0.717) is 10.7 Å². The number of nitrogens with one attached hydrogen (secondary N) is 2. The minimum absolute atomic E-state index is 0.129. The van der Waals surface area contributed by atoms with Gasteiger partial charge in [-0.2, -0.15) is 0 Å². The van der Waals surface area contributed by atoms with Gasteiger partial charge in [0.25, 0.3) is 5.91 Å². The molecule has 0 aliphatic heterocycles. The molecule has 0 fully saturated rings. The van der Waals surface area contributed by atoms with Gasteiger partial charge in [0.2, 0.25) is 5.13 Å². The van der Waals surface area contributed by atoms with Crippen molar-refractivity contribution < 1.29 is 4.79 Å². The minimum atomic E-state index is -0.129. The largest absolute Gasteiger partial charge is 0.358 e. The highest BCUT2D eigenvalue weighted by atomic mass is 32.1. The number of H-pyrrole nitrogens is 1. The Kier molecular flexibility index (Phi) is 4.06. The minimum Gasteiger partial charge on any atom is -0.358 e. The lowest BCUT2D eigenvalue weighted by Gasteiger charge is -2.04. The molecule has 24 heavy (non-hydrogen) atoms. The number of rotatable bonds is 3. The first-order chi connectivity index (χ1) is 11.8. The second-order valence-corrected chi connectivity index (χ2v) is 7.24. The van der Waals surface area contributed by atoms with E-state index in [4.69, 9.17) is 0 Å². The van der Waals surface area contributed by atoms with E-state index < -0.39 is 0 Å². The van der Waals surface area contributed by atoms with Crippen LogP contribution >= 0.6 is 11.3 Å². The number of aryl methyl sites for hydroxylation is 3. The molecule has 0 unspecified atom stereocenters. The number of benzene rings is 1. The first-order valence-corrected chi connectivity index (χ1v) is 9.34. The molecule has 0 spiro atoms. The number of hydrogen-bond acceptors (Lipinski definition) is 4. The van der Waals surface area contributed by atoms with Crippen LogP contribution in [0.5, 0.6) is 0 Å². The molecule has 1 aliphatic rings. The van der Waals surface area contributed by atoms with Crippen LogP contribution in [0.15, 0.2) is 18.2 Å². The van der Waals surface area contributed by atoms with E-state index in [1.165, 1.54) is 47.2 Å². The molecule has 1 aliphatic carbocycles. The zero-order valence-electron chi connectivity index (χ0n) is 13.7. The maximum absolute atomic E-state index is 12.7. The second kappa shape index (κ2) is 6.36. The van der Waals surface area contributed by atoms with Crippen molar-refractivity contribution in [1.82, 2.24) is 15.2 Å². The molecule has 0 bridgehead atoms. The molecule has 0 saturated heterocycles. The van der Waals surface area contributed by atoms with Crippen LogP contribution in [0.3, 0.4) is 0 Å². The van der Waals surface area contributed by atoms with Crippen molar-refractivity contribution in [2.75, 3.05) is 5.32 Å². The van der Waals surface area contributed by atoms with Crippen LogP contribution in [0.4, 0.5) is 5.13 Å². The van der Waals surface area contributed by atoms with Crippen LogP contribution in [0.1, 0.15) is 52.8 Å². The van der Waals surface area contributed by atoms with Crippen molar-refractivity contribution in [2.24, 2.45) is 0 Å². The molecule has 6 heteroatoms. The van der Waals surface area contributed by atoms with E-state index in [1.807, 2.05) is 19.1 Å². The fraction of sp³-hybridized carbons (Fsp3) is 0.389. The Morgan fingerprint density at radius 3 is 2.96 bits per heavy atom. The molecule has 1 amide bonds. The molecule has 124 valence electrons. The van der Waals surface area contributed by atoms with Crippen molar-refractivity contribution in [1.29, 1.82) is 0 Å². The van der Waals surface area contributed by atoms with Gasteiger partial charge in [-0.15, -0.1) is 10.2 Å². The van der Waals surface area contributed by atoms with E-state index in [-0.39, 0.29) is 5.91 Å². The van der Waals surface area contributed by atoms with Gasteiger partial charge in [0.05, 0.1) is 11.1 Å².